The van der Waals surface area contributed by atoms with E-state index in [1.165, 1.54) is 26.4 Å². The first-order chi connectivity index (χ1) is 11.2. The number of anilines is 1. The average molecular weight is 382 g/mol. The van der Waals surface area contributed by atoms with Crippen molar-refractivity contribution in [3.05, 3.63) is 46.7 Å². The number of ether oxygens (including phenoxy) is 2. The van der Waals surface area contributed by atoms with Crippen LogP contribution in [0.25, 0.3) is 0 Å². The van der Waals surface area contributed by atoms with E-state index in [0.717, 1.165) is 0 Å². The van der Waals surface area contributed by atoms with Crippen molar-refractivity contribution >= 4 is 27.3 Å². The van der Waals surface area contributed by atoms with Crippen molar-refractivity contribution in [2.75, 3.05) is 18.9 Å². The van der Waals surface area contributed by atoms with Crippen molar-refractivity contribution in [2.24, 2.45) is 0 Å². The lowest BCUT2D eigenvalue weighted by Gasteiger charge is -2.14. The van der Waals surface area contributed by atoms with Gasteiger partial charge in [0.25, 0.3) is 10.0 Å². The molecular formula is C14H11ClF3NO4S. The molecule has 0 amide bonds. The normalized spacial score (nSPS) is 11.2. The molecule has 0 unspecified atom stereocenters. The Balaban J connectivity index is 2.51. The molecule has 0 aliphatic heterocycles. The van der Waals surface area contributed by atoms with Gasteiger partial charge in [0, 0.05) is 6.07 Å². The van der Waals surface area contributed by atoms with Crippen molar-refractivity contribution < 1.29 is 31.1 Å². The van der Waals surface area contributed by atoms with Crippen molar-refractivity contribution in [2.45, 2.75) is 4.90 Å². The van der Waals surface area contributed by atoms with Gasteiger partial charge in [0.15, 0.2) is 17.5 Å². The van der Waals surface area contributed by atoms with Gasteiger partial charge in [0.05, 0.1) is 24.9 Å². The largest absolute Gasteiger partial charge is 0.495 e. The Hall–Kier alpha value is -2.13. The van der Waals surface area contributed by atoms with Crippen LogP contribution < -0.4 is 14.2 Å². The maximum absolute atomic E-state index is 13.7. The quantitative estimate of drug-likeness (QED) is 0.804. The van der Waals surface area contributed by atoms with Crippen molar-refractivity contribution in [1.82, 2.24) is 0 Å². The molecule has 0 saturated carbocycles. The molecule has 0 radical (unpaired) electrons. The second-order valence-corrected chi connectivity index (χ2v) is 6.52. The van der Waals surface area contributed by atoms with Gasteiger partial charge in [-0.1, -0.05) is 11.6 Å². The molecule has 2 rings (SSSR count). The number of halogens is 4. The Morgan fingerprint density at radius 2 is 1.62 bits per heavy atom. The number of sulfonamides is 1. The van der Waals surface area contributed by atoms with E-state index < -0.39 is 32.4 Å². The van der Waals surface area contributed by atoms with Crippen molar-refractivity contribution in [1.29, 1.82) is 0 Å². The zero-order valence-electron chi connectivity index (χ0n) is 12.4. The summed E-state index contributed by atoms with van der Waals surface area (Å²) in [5.74, 6) is -4.98. The lowest BCUT2D eigenvalue weighted by atomic mass is 10.3. The number of hydrogen-bond acceptors (Lipinski definition) is 4. The number of benzene rings is 2. The van der Waals surface area contributed by atoms with Crippen LogP contribution in [0, 0.1) is 17.5 Å². The molecule has 0 atom stereocenters. The van der Waals surface area contributed by atoms with Gasteiger partial charge in [0.2, 0.25) is 0 Å². The molecule has 0 fully saturated rings. The van der Waals surface area contributed by atoms with E-state index in [2.05, 4.69) is 0 Å². The van der Waals surface area contributed by atoms with Crippen LogP contribution in [0.15, 0.2) is 29.2 Å². The van der Waals surface area contributed by atoms with Crippen molar-refractivity contribution in [3.63, 3.8) is 0 Å². The Labute approximate surface area is 141 Å². The molecule has 0 heterocycles. The number of rotatable bonds is 5. The maximum Gasteiger partial charge on any atom is 0.265 e. The van der Waals surface area contributed by atoms with Gasteiger partial charge >= 0.3 is 0 Å². The van der Waals surface area contributed by atoms with Crippen LogP contribution in [0.2, 0.25) is 5.02 Å². The minimum Gasteiger partial charge on any atom is -0.495 e. The van der Waals surface area contributed by atoms with E-state index in [4.69, 9.17) is 21.1 Å². The molecule has 0 bridgehead atoms. The third-order valence-electron chi connectivity index (χ3n) is 3.01. The van der Waals surface area contributed by atoms with Crippen LogP contribution in [0.1, 0.15) is 0 Å². The first kappa shape index (κ1) is 18.2. The van der Waals surface area contributed by atoms with Gasteiger partial charge in [-0.15, -0.1) is 0 Å². The summed E-state index contributed by atoms with van der Waals surface area (Å²) in [6, 6.07) is 3.59. The topological polar surface area (TPSA) is 64.6 Å². The fourth-order valence-electron chi connectivity index (χ4n) is 1.86. The molecule has 2 aromatic carbocycles. The minimum absolute atomic E-state index is 0.0304. The van der Waals surface area contributed by atoms with Gasteiger partial charge in [-0.25, -0.2) is 21.6 Å². The first-order valence-corrected chi connectivity index (χ1v) is 8.15. The molecular weight excluding hydrogens is 371 g/mol. The predicted octanol–water partition coefficient (Wildman–Crippen LogP) is 3.58. The summed E-state index contributed by atoms with van der Waals surface area (Å²) in [6.45, 7) is 0. The van der Waals surface area contributed by atoms with Gasteiger partial charge in [-0.05, 0) is 18.2 Å². The molecule has 5 nitrogen and oxygen atoms in total. The fraction of sp³-hybridized carbons (Fsp3) is 0.143. The zero-order valence-corrected chi connectivity index (χ0v) is 13.9. The number of nitrogens with one attached hydrogen (secondary N) is 1. The number of hydrogen-bond donors (Lipinski definition) is 1. The highest BCUT2D eigenvalue weighted by Crippen LogP contribution is 2.37. The average Bonchev–Trinajstić information content (AvgIpc) is 2.52. The number of methoxy groups -OCH3 is 2. The summed E-state index contributed by atoms with van der Waals surface area (Å²) in [6.07, 6.45) is 0. The molecule has 0 aliphatic rings. The Bertz CT molecular complexity index is 890. The summed E-state index contributed by atoms with van der Waals surface area (Å²) in [5, 5.41) is 0.0572. The lowest BCUT2D eigenvalue weighted by Crippen LogP contribution is -2.16. The standard InChI is InChI=1S/C14H11ClF3NO4S/c1-22-10-6-11(23-2)9(5-7(10)15)19-24(20,21)12-4-3-8(16)13(17)14(12)18/h3-6,19H,1-2H3. The Kier molecular flexibility index (Phi) is 5.14. The van der Waals surface area contributed by atoms with E-state index in [-0.39, 0.29) is 22.2 Å². The summed E-state index contributed by atoms with van der Waals surface area (Å²) < 4.78 is 76.4. The highest BCUT2D eigenvalue weighted by atomic mass is 35.5. The summed E-state index contributed by atoms with van der Waals surface area (Å²) >= 11 is 5.91. The van der Waals surface area contributed by atoms with Gasteiger partial charge in [-0.2, -0.15) is 0 Å². The fourth-order valence-corrected chi connectivity index (χ4v) is 3.23. The lowest BCUT2D eigenvalue weighted by molar-refractivity contribution is 0.396. The van der Waals surface area contributed by atoms with Crippen LogP contribution in [-0.2, 0) is 10.0 Å². The van der Waals surface area contributed by atoms with Crippen molar-refractivity contribution in [3.8, 4) is 11.5 Å². The molecule has 0 aromatic heterocycles. The van der Waals surface area contributed by atoms with Crippen LogP contribution in [0.3, 0.4) is 0 Å². The Morgan fingerprint density at radius 3 is 2.21 bits per heavy atom. The van der Waals surface area contributed by atoms with Crippen LogP contribution >= 0.6 is 11.6 Å². The zero-order chi connectivity index (χ0) is 18.1. The first-order valence-electron chi connectivity index (χ1n) is 6.29. The van der Waals surface area contributed by atoms with E-state index >= 15 is 0 Å². The summed E-state index contributed by atoms with van der Waals surface area (Å²) in [5.41, 5.74) is -0.132. The third-order valence-corrected chi connectivity index (χ3v) is 4.69. The van der Waals surface area contributed by atoms with E-state index in [0.29, 0.717) is 12.1 Å². The Morgan fingerprint density at radius 1 is 1.00 bits per heavy atom. The summed E-state index contributed by atoms with van der Waals surface area (Å²) in [7, 11) is -1.95. The smallest absolute Gasteiger partial charge is 0.265 e. The molecule has 2 aromatic rings. The van der Waals surface area contributed by atoms with Gasteiger partial charge in [-0.3, -0.25) is 4.72 Å². The monoisotopic (exact) mass is 381 g/mol. The third kappa shape index (κ3) is 3.36. The molecule has 0 spiro atoms. The van der Waals surface area contributed by atoms with Crippen LogP contribution in [-0.4, -0.2) is 22.6 Å². The van der Waals surface area contributed by atoms with Gasteiger partial charge in [0.1, 0.15) is 16.4 Å². The molecule has 0 aliphatic carbocycles. The molecule has 1 N–H and O–H groups in total. The van der Waals surface area contributed by atoms with Crippen LogP contribution in [0.4, 0.5) is 18.9 Å². The van der Waals surface area contributed by atoms with E-state index in [9.17, 15) is 21.6 Å². The predicted molar refractivity (Wildman–Crippen MR) is 81.7 cm³/mol. The van der Waals surface area contributed by atoms with Gasteiger partial charge < -0.3 is 9.47 Å². The van der Waals surface area contributed by atoms with E-state index in [1.54, 1.807) is 0 Å². The second kappa shape index (κ2) is 6.78. The summed E-state index contributed by atoms with van der Waals surface area (Å²) in [4.78, 5) is -1.06. The van der Waals surface area contributed by atoms with E-state index in [1.807, 2.05) is 4.72 Å². The minimum atomic E-state index is -4.56. The molecule has 0 saturated heterocycles. The SMILES string of the molecule is COc1cc(OC)c(NS(=O)(=O)c2ccc(F)c(F)c2F)cc1Cl. The highest BCUT2D eigenvalue weighted by Gasteiger charge is 2.25. The maximum atomic E-state index is 13.7. The molecule has 24 heavy (non-hydrogen) atoms. The molecule has 130 valence electrons. The highest BCUT2D eigenvalue weighted by molar-refractivity contribution is 7.92. The second-order valence-electron chi connectivity index (χ2n) is 4.47. The molecule has 10 heteroatoms. The van der Waals surface area contributed by atoms with Crippen LogP contribution in [0.5, 0.6) is 11.5 Å².